The van der Waals surface area contributed by atoms with Crippen LogP contribution in [0.15, 0.2) is 63.3 Å². The lowest BCUT2D eigenvalue weighted by Gasteiger charge is -2.35. The molecular formula is C22H25NO4S2. The maximum Gasteiger partial charge on any atom is 0.328 e. The van der Waals surface area contributed by atoms with Gasteiger partial charge in [-0.05, 0) is 61.5 Å². The summed E-state index contributed by atoms with van der Waals surface area (Å²) in [5.74, 6) is 0.0628. The van der Waals surface area contributed by atoms with Crippen LogP contribution in [0.4, 0.5) is 0 Å². The fourth-order valence-corrected chi connectivity index (χ4v) is 6.02. The van der Waals surface area contributed by atoms with Crippen LogP contribution in [-0.2, 0) is 9.59 Å². The monoisotopic (exact) mass is 431 g/mol. The van der Waals surface area contributed by atoms with Crippen molar-refractivity contribution >= 4 is 35.5 Å². The third-order valence-electron chi connectivity index (χ3n) is 5.31. The zero-order valence-corrected chi connectivity index (χ0v) is 17.9. The maximum absolute atomic E-state index is 9.55. The first-order valence-electron chi connectivity index (χ1n) is 9.57. The molecule has 4 rings (SSSR count). The molecule has 3 aliphatic rings. The molecule has 2 N–H and O–H groups in total. The summed E-state index contributed by atoms with van der Waals surface area (Å²) < 4.78 is 0. The molecule has 0 saturated carbocycles. The number of piperidine rings is 1. The lowest BCUT2D eigenvalue weighted by Crippen LogP contribution is -2.33. The summed E-state index contributed by atoms with van der Waals surface area (Å²) in [4.78, 5) is 24.6. The van der Waals surface area contributed by atoms with Crippen LogP contribution in [0, 0.1) is 5.92 Å². The van der Waals surface area contributed by atoms with E-state index in [0.29, 0.717) is 18.1 Å². The molecule has 0 aliphatic carbocycles. The average molecular weight is 432 g/mol. The number of allylic oxidation sites excluding steroid dienone is 1. The van der Waals surface area contributed by atoms with Gasteiger partial charge in [-0.2, -0.15) is 0 Å². The SMILES string of the molecule is CN1CCC(C2C3=CCSC3=CSc3ccccc32)CC1.O=C(O)/C=C\C(=O)O. The van der Waals surface area contributed by atoms with Crippen molar-refractivity contribution in [1.29, 1.82) is 0 Å². The number of hydrogen-bond acceptors (Lipinski definition) is 5. The van der Waals surface area contributed by atoms with Crippen LogP contribution in [0.2, 0.25) is 0 Å². The van der Waals surface area contributed by atoms with Crippen molar-refractivity contribution in [2.24, 2.45) is 5.92 Å². The van der Waals surface area contributed by atoms with E-state index in [0.717, 1.165) is 11.7 Å². The third kappa shape index (κ3) is 5.78. The number of benzene rings is 1. The Kier molecular flexibility index (Phi) is 7.64. The molecule has 0 amide bonds. The van der Waals surface area contributed by atoms with E-state index in [9.17, 15) is 9.59 Å². The fourth-order valence-electron chi connectivity index (χ4n) is 3.93. The molecule has 5 nitrogen and oxygen atoms in total. The molecule has 1 unspecified atom stereocenters. The Bertz CT molecular complexity index is 838. The quantitative estimate of drug-likeness (QED) is 0.685. The highest BCUT2D eigenvalue weighted by Gasteiger charge is 2.34. The summed E-state index contributed by atoms with van der Waals surface area (Å²) in [6.45, 7) is 2.49. The Morgan fingerprint density at radius 3 is 2.41 bits per heavy atom. The lowest BCUT2D eigenvalue weighted by atomic mass is 9.75. The smallest absolute Gasteiger partial charge is 0.328 e. The van der Waals surface area contributed by atoms with Gasteiger partial charge in [0.1, 0.15) is 0 Å². The van der Waals surface area contributed by atoms with Crippen molar-refractivity contribution in [3.05, 3.63) is 63.9 Å². The molecule has 0 radical (unpaired) electrons. The minimum atomic E-state index is -1.26. The third-order valence-corrected chi connectivity index (χ3v) is 7.44. The summed E-state index contributed by atoms with van der Waals surface area (Å²) in [6, 6.07) is 9.06. The standard InChI is InChI=1S/C18H21NS2.C4H4O4/c1-19-9-6-13(7-10-19)18-14-4-2-3-5-16(14)21-12-17-15(18)8-11-20-17;5-3(6)1-2-4(7)8/h2-5,8,12-13,18H,6-7,9-11H2,1H3;1-2H,(H,5,6)(H,7,8)/b;2-1-. The summed E-state index contributed by atoms with van der Waals surface area (Å²) >= 11 is 3.94. The van der Waals surface area contributed by atoms with Crippen LogP contribution in [0.25, 0.3) is 0 Å². The second kappa shape index (κ2) is 10.2. The minimum Gasteiger partial charge on any atom is -0.478 e. The number of thioether (sulfide) groups is 2. The predicted molar refractivity (Wildman–Crippen MR) is 118 cm³/mol. The largest absolute Gasteiger partial charge is 0.478 e. The highest BCUT2D eigenvalue weighted by molar-refractivity contribution is 8.06. The molecule has 0 spiro atoms. The molecule has 3 aliphatic heterocycles. The molecule has 1 saturated heterocycles. The zero-order chi connectivity index (χ0) is 20.8. The zero-order valence-electron chi connectivity index (χ0n) is 16.3. The van der Waals surface area contributed by atoms with Crippen molar-refractivity contribution < 1.29 is 19.8 Å². The number of nitrogens with zero attached hydrogens (tertiary/aromatic N) is 1. The van der Waals surface area contributed by atoms with Gasteiger partial charge in [-0.3, -0.25) is 0 Å². The number of carboxylic acids is 2. The Morgan fingerprint density at radius 1 is 1.10 bits per heavy atom. The Balaban J connectivity index is 0.000000258. The van der Waals surface area contributed by atoms with Crippen LogP contribution in [0.1, 0.15) is 24.3 Å². The van der Waals surface area contributed by atoms with Gasteiger partial charge in [0.05, 0.1) is 0 Å². The van der Waals surface area contributed by atoms with Crippen LogP contribution in [0.5, 0.6) is 0 Å². The van der Waals surface area contributed by atoms with Gasteiger partial charge in [-0.25, -0.2) is 9.59 Å². The molecule has 1 aromatic carbocycles. The van der Waals surface area contributed by atoms with E-state index in [2.05, 4.69) is 47.7 Å². The lowest BCUT2D eigenvalue weighted by molar-refractivity contribution is -0.134. The Labute approximate surface area is 179 Å². The predicted octanol–water partition coefficient (Wildman–Crippen LogP) is 4.44. The first-order valence-corrected chi connectivity index (χ1v) is 11.4. The van der Waals surface area contributed by atoms with Crippen molar-refractivity contribution in [2.45, 2.75) is 23.7 Å². The number of carbonyl (C=O) groups is 2. The minimum absolute atomic E-state index is 0.558. The Morgan fingerprint density at radius 2 is 1.76 bits per heavy atom. The van der Waals surface area contributed by atoms with Crippen molar-refractivity contribution in [2.75, 3.05) is 25.9 Å². The first kappa shape index (κ1) is 21.7. The molecule has 1 aromatic rings. The van der Waals surface area contributed by atoms with Gasteiger partial charge in [-0.1, -0.05) is 36.0 Å². The summed E-state index contributed by atoms with van der Waals surface area (Å²) in [5, 5.41) is 18.0. The number of fused-ring (bicyclic) bond motifs is 2. The van der Waals surface area contributed by atoms with Gasteiger partial charge < -0.3 is 15.1 Å². The summed E-state index contributed by atoms with van der Waals surface area (Å²) in [7, 11) is 2.25. The van der Waals surface area contributed by atoms with Crippen LogP contribution in [0.3, 0.4) is 0 Å². The van der Waals surface area contributed by atoms with Gasteiger partial charge in [-0.15, -0.1) is 11.8 Å². The summed E-state index contributed by atoms with van der Waals surface area (Å²) in [6.07, 6.45) is 6.26. The topological polar surface area (TPSA) is 77.8 Å². The molecular weight excluding hydrogens is 406 g/mol. The normalized spacial score (nSPS) is 21.9. The highest BCUT2D eigenvalue weighted by atomic mass is 32.2. The maximum atomic E-state index is 9.55. The number of carboxylic acid groups (broad SMARTS) is 2. The number of rotatable bonds is 3. The molecule has 1 fully saturated rings. The van der Waals surface area contributed by atoms with Crippen molar-refractivity contribution in [1.82, 2.24) is 4.90 Å². The van der Waals surface area contributed by atoms with E-state index in [-0.39, 0.29) is 0 Å². The second-order valence-electron chi connectivity index (χ2n) is 7.24. The first-order chi connectivity index (χ1) is 14.0. The van der Waals surface area contributed by atoms with E-state index in [1.54, 1.807) is 11.1 Å². The molecule has 0 bridgehead atoms. The second-order valence-corrected chi connectivity index (χ2v) is 9.21. The van der Waals surface area contributed by atoms with E-state index >= 15 is 0 Å². The van der Waals surface area contributed by atoms with Gasteiger partial charge in [0, 0.05) is 33.6 Å². The molecule has 7 heteroatoms. The van der Waals surface area contributed by atoms with Crippen LogP contribution < -0.4 is 0 Å². The molecule has 3 heterocycles. The highest BCUT2D eigenvalue weighted by Crippen LogP contribution is 2.51. The van der Waals surface area contributed by atoms with E-state index in [1.807, 2.05) is 23.5 Å². The van der Waals surface area contributed by atoms with E-state index in [1.165, 1.54) is 35.7 Å². The van der Waals surface area contributed by atoms with Crippen LogP contribution in [-0.4, -0.2) is 52.9 Å². The molecule has 0 aromatic heterocycles. The van der Waals surface area contributed by atoms with Crippen molar-refractivity contribution in [3.63, 3.8) is 0 Å². The van der Waals surface area contributed by atoms with Gasteiger partial charge >= 0.3 is 11.9 Å². The fraction of sp³-hybridized carbons (Fsp3) is 0.364. The number of likely N-dealkylation sites (tertiary alicyclic amines) is 1. The van der Waals surface area contributed by atoms with E-state index in [4.69, 9.17) is 10.2 Å². The van der Waals surface area contributed by atoms with E-state index < -0.39 is 11.9 Å². The molecule has 1 atom stereocenters. The molecule has 154 valence electrons. The van der Waals surface area contributed by atoms with Gasteiger partial charge in [0.25, 0.3) is 0 Å². The Hall–Kier alpha value is -1.96. The number of aliphatic carboxylic acids is 2. The average Bonchev–Trinajstić information content (AvgIpc) is 3.10. The van der Waals surface area contributed by atoms with Crippen LogP contribution >= 0.6 is 23.5 Å². The molecule has 29 heavy (non-hydrogen) atoms. The van der Waals surface area contributed by atoms with Gasteiger partial charge in [0.15, 0.2) is 0 Å². The number of hydrogen-bond donors (Lipinski definition) is 2. The summed E-state index contributed by atoms with van der Waals surface area (Å²) in [5.41, 5.74) is 3.18. The van der Waals surface area contributed by atoms with Gasteiger partial charge in [0.2, 0.25) is 0 Å². The van der Waals surface area contributed by atoms with Crippen molar-refractivity contribution in [3.8, 4) is 0 Å².